The van der Waals surface area contributed by atoms with Crippen molar-refractivity contribution in [3.8, 4) is 0 Å². The van der Waals surface area contributed by atoms with E-state index in [4.69, 9.17) is 4.74 Å². The minimum Gasteiger partial charge on any atom is -0.465 e. The lowest BCUT2D eigenvalue weighted by Crippen LogP contribution is -2.32. The number of H-pyrrole nitrogens is 1. The van der Waals surface area contributed by atoms with Crippen LogP contribution in [0.1, 0.15) is 26.6 Å². The van der Waals surface area contributed by atoms with E-state index in [-0.39, 0.29) is 5.97 Å². The largest absolute Gasteiger partial charge is 0.465 e. The molecule has 0 saturated carbocycles. The summed E-state index contributed by atoms with van der Waals surface area (Å²) in [5, 5.41) is 0. The fourth-order valence-electron chi connectivity index (χ4n) is 1.55. The molecule has 0 atom stereocenters. The molecule has 0 aromatic carbocycles. The van der Waals surface area contributed by atoms with Gasteiger partial charge < -0.3 is 9.72 Å². The van der Waals surface area contributed by atoms with Crippen LogP contribution < -0.4 is 0 Å². The Bertz CT molecular complexity index is 512. The number of esters is 1. The first-order valence-corrected chi connectivity index (χ1v) is 5.54. The number of ether oxygens (including phenoxy) is 1. The maximum absolute atomic E-state index is 11.8. The summed E-state index contributed by atoms with van der Waals surface area (Å²) in [6, 6.07) is 3.70. The predicted molar refractivity (Wildman–Crippen MR) is 63.5 cm³/mol. The molecule has 2 aromatic rings. The van der Waals surface area contributed by atoms with Gasteiger partial charge in [-0.3, -0.25) is 4.79 Å². The van der Waals surface area contributed by atoms with Crippen LogP contribution in [-0.4, -0.2) is 27.5 Å². The number of carbonyl (C=O) groups excluding carboxylic acids is 1. The van der Waals surface area contributed by atoms with Crippen LogP contribution in [0.15, 0.2) is 18.3 Å². The Hall–Kier alpha value is -1.91. The monoisotopic (exact) mass is 233 g/mol. The van der Waals surface area contributed by atoms with E-state index >= 15 is 0 Å². The molecule has 5 nitrogen and oxygen atoms in total. The first kappa shape index (κ1) is 11.6. The van der Waals surface area contributed by atoms with Gasteiger partial charge in [0, 0.05) is 6.20 Å². The van der Waals surface area contributed by atoms with Crippen LogP contribution in [0, 0.1) is 0 Å². The van der Waals surface area contributed by atoms with E-state index in [0.29, 0.717) is 18.1 Å². The highest BCUT2D eigenvalue weighted by Crippen LogP contribution is 2.23. The molecule has 2 aromatic heterocycles. The van der Waals surface area contributed by atoms with E-state index in [9.17, 15) is 4.79 Å². The lowest BCUT2D eigenvalue weighted by Gasteiger charge is -2.19. The summed E-state index contributed by atoms with van der Waals surface area (Å²) in [5.74, 6) is 0.281. The molecule has 0 fully saturated rings. The summed E-state index contributed by atoms with van der Waals surface area (Å²) in [5.41, 5.74) is 0.635. The highest BCUT2D eigenvalue weighted by Gasteiger charge is 2.34. The summed E-state index contributed by atoms with van der Waals surface area (Å²) in [4.78, 5) is 23.4. The Balaban J connectivity index is 2.41. The van der Waals surface area contributed by atoms with E-state index in [1.165, 1.54) is 0 Å². The fraction of sp³-hybridized carbons (Fsp3) is 0.417. The van der Waals surface area contributed by atoms with Gasteiger partial charge in [0.1, 0.15) is 11.2 Å². The van der Waals surface area contributed by atoms with Gasteiger partial charge >= 0.3 is 5.97 Å². The zero-order chi connectivity index (χ0) is 12.5. The first-order valence-electron chi connectivity index (χ1n) is 5.54. The molecule has 0 aliphatic heterocycles. The molecule has 2 rings (SSSR count). The third kappa shape index (κ3) is 2.00. The normalized spacial score (nSPS) is 11.7. The number of imidazole rings is 1. The van der Waals surface area contributed by atoms with Crippen molar-refractivity contribution < 1.29 is 9.53 Å². The molecule has 0 unspecified atom stereocenters. The predicted octanol–water partition coefficient (Wildman–Crippen LogP) is 1.80. The third-order valence-electron chi connectivity index (χ3n) is 2.64. The van der Waals surface area contributed by atoms with Crippen LogP contribution in [0.25, 0.3) is 11.2 Å². The van der Waals surface area contributed by atoms with Gasteiger partial charge in [0.2, 0.25) is 0 Å². The average Bonchev–Trinajstić information content (AvgIpc) is 2.73. The molecular formula is C12H15N3O2. The molecule has 0 bridgehead atoms. The lowest BCUT2D eigenvalue weighted by atomic mass is 9.93. The number of fused-ring (bicyclic) bond motifs is 1. The number of aromatic amines is 1. The Labute approximate surface area is 99.2 Å². The number of aromatic nitrogens is 3. The number of rotatable bonds is 3. The molecule has 0 spiro atoms. The zero-order valence-corrected chi connectivity index (χ0v) is 10.2. The molecular weight excluding hydrogens is 218 g/mol. The quantitative estimate of drug-likeness (QED) is 0.821. The summed E-state index contributed by atoms with van der Waals surface area (Å²) in [6.45, 7) is 5.71. The minimum absolute atomic E-state index is 0.293. The summed E-state index contributed by atoms with van der Waals surface area (Å²) >= 11 is 0. The van der Waals surface area contributed by atoms with Crippen molar-refractivity contribution in [3.05, 3.63) is 24.2 Å². The van der Waals surface area contributed by atoms with Crippen LogP contribution in [-0.2, 0) is 14.9 Å². The zero-order valence-electron chi connectivity index (χ0n) is 10.2. The topological polar surface area (TPSA) is 67.9 Å². The van der Waals surface area contributed by atoms with Gasteiger partial charge in [-0.1, -0.05) is 0 Å². The minimum atomic E-state index is -0.795. The van der Waals surface area contributed by atoms with Crippen LogP contribution in [0.5, 0.6) is 0 Å². The van der Waals surface area contributed by atoms with Gasteiger partial charge in [0.15, 0.2) is 5.65 Å². The van der Waals surface area contributed by atoms with E-state index in [1.54, 1.807) is 27.0 Å². The number of nitrogens with zero attached hydrogens (tertiary/aromatic N) is 2. The molecule has 0 aliphatic carbocycles. The van der Waals surface area contributed by atoms with Crippen molar-refractivity contribution >= 4 is 17.1 Å². The highest BCUT2D eigenvalue weighted by molar-refractivity contribution is 5.82. The van der Waals surface area contributed by atoms with Crippen molar-refractivity contribution in [2.24, 2.45) is 0 Å². The molecule has 0 radical (unpaired) electrons. The first-order chi connectivity index (χ1) is 8.05. The molecule has 90 valence electrons. The second kappa shape index (κ2) is 4.16. The SMILES string of the molecule is CCOC(=O)C(C)(C)c1nc2ncccc2[nH]1. The maximum Gasteiger partial charge on any atom is 0.319 e. The van der Waals surface area contributed by atoms with Gasteiger partial charge in [0.25, 0.3) is 0 Å². The second-order valence-electron chi connectivity index (χ2n) is 4.31. The number of pyridine rings is 1. The molecule has 0 saturated heterocycles. The van der Waals surface area contributed by atoms with E-state index in [0.717, 1.165) is 5.52 Å². The Morgan fingerprint density at radius 2 is 2.29 bits per heavy atom. The van der Waals surface area contributed by atoms with Gasteiger partial charge in [-0.05, 0) is 32.9 Å². The number of hydrogen-bond acceptors (Lipinski definition) is 4. The number of nitrogens with one attached hydrogen (secondary N) is 1. The summed E-state index contributed by atoms with van der Waals surface area (Å²) < 4.78 is 5.04. The van der Waals surface area contributed by atoms with Crippen LogP contribution in [0.4, 0.5) is 0 Å². The smallest absolute Gasteiger partial charge is 0.319 e. The third-order valence-corrected chi connectivity index (χ3v) is 2.64. The second-order valence-corrected chi connectivity index (χ2v) is 4.31. The van der Waals surface area contributed by atoms with Crippen molar-refractivity contribution in [3.63, 3.8) is 0 Å². The molecule has 0 amide bonds. The van der Waals surface area contributed by atoms with Crippen molar-refractivity contribution in [1.29, 1.82) is 0 Å². The summed E-state index contributed by atoms with van der Waals surface area (Å²) in [7, 11) is 0. The highest BCUT2D eigenvalue weighted by atomic mass is 16.5. The molecule has 17 heavy (non-hydrogen) atoms. The van der Waals surface area contributed by atoms with Crippen molar-refractivity contribution in [1.82, 2.24) is 15.0 Å². The van der Waals surface area contributed by atoms with Gasteiger partial charge in [-0.15, -0.1) is 0 Å². The number of carbonyl (C=O) groups is 1. The van der Waals surface area contributed by atoms with Gasteiger partial charge in [0.05, 0.1) is 12.1 Å². The van der Waals surface area contributed by atoms with E-state index < -0.39 is 5.41 Å². The standard InChI is InChI=1S/C12H15N3O2/c1-4-17-11(16)12(2,3)10-14-8-6-5-7-13-9(8)15-10/h5-7H,4H2,1-3H3,(H,13,14,15). The average molecular weight is 233 g/mol. The fourth-order valence-corrected chi connectivity index (χ4v) is 1.55. The van der Waals surface area contributed by atoms with E-state index in [2.05, 4.69) is 15.0 Å². The van der Waals surface area contributed by atoms with Crippen LogP contribution in [0.3, 0.4) is 0 Å². The van der Waals surface area contributed by atoms with Crippen molar-refractivity contribution in [2.45, 2.75) is 26.2 Å². The molecule has 5 heteroatoms. The van der Waals surface area contributed by atoms with E-state index in [1.807, 2.05) is 12.1 Å². The van der Waals surface area contributed by atoms with Crippen LogP contribution in [0.2, 0.25) is 0 Å². The number of hydrogen-bond donors (Lipinski definition) is 1. The Morgan fingerprint density at radius 1 is 1.53 bits per heavy atom. The maximum atomic E-state index is 11.8. The molecule has 2 heterocycles. The summed E-state index contributed by atoms with van der Waals surface area (Å²) in [6.07, 6.45) is 1.67. The van der Waals surface area contributed by atoms with Crippen molar-refractivity contribution in [2.75, 3.05) is 6.61 Å². The van der Waals surface area contributed by atoms with Crippen LogP contribution >= 0.6 is 0 Å². The van der Waals surface area contributed by atoms with Gasteiger partial charge in [-0.2, -0.15) is 0 Å². The lowest BCUT2D eigenvalue weighted by molar-refractivity contribution is -0.149. The van der Waals surface area contributed by atoms with Gasteiger partial charge in [-0.25, -0.2) is 9.97 Å². The Morgan fingerprint density at radius 3 is 2.94 bits per heavy atom. The Kier molecular flexibility index (Phi) is 2.83. The molecule has 1 N–H and O–H groups in total. The molecule has 0 aliphatic rings.